The normalized spacial score (nSPS) is 12.2. The Balaban J connectivity index is 2.45. The van der Waals surface area contributed by atoms with E-state index in [0.717, 1.165) is 33.5 Å². The minimum Gasteiger partial charge on any atom is -0.411 e. The molecule has 130 valence electrons. The lowest BCUT2D eigenvalue weighted by molar-refractivity contribution is 0.318. The van der Waals surface area contributed by atoms with Gasteiger partial charge in [0.25, 0.3) is 0 Å². The van der Waals surface area contributed by atoms with Crippen LogP contribution < -0.4 is 0 Å². The number of benzene rings is 1. The number of rotatable bonds is 3. The molecule has 0 spiro atoms. The van der Waals surface area contributed by atoms with Gasteiger partial charge in [0, 0.05) is 10.7 Å². The molecule has 3 aromatic rings. The molecule has 0 aliphatic carbocycles. The van der Waals surface area contributed by atoms with Gasteiger partial charge in [0.1, 0.15) is 22.9 Å². The van der Waals surface area contributed by atoms with Gasteiger partial charge in [-0.2, -0.15) is 0 Å². The summed E-state index contributed by atoms with van der Waals surface area (Å²) in [6.45, 7) is 9.94. The lowest BCUT2D eigenvalue weighted by Crippen LogP contribution is -2.07. The minimum absolute atomic E-state index is 0.559. The topological polar surface area (TPSA) is 63.3 Å². The number of hydrogen-bond donors (Lipinski definition) is 1. The molecule has 0 saturated carbocycles. The summed E-state index contributed by atoms with van der Waals surface area (Å²) in [5.41, 5.74) is 6.32. The quantitative estimate of drug-likeness (QED) is 0.412. The van der Waals surface area contributed by atoms with E-state index in [2.05, 4.69) is 21.6 Å². The van der Waals surface area contributed by atoms with Crippen LogP contribution in [0.3, 0.4) is 0 Å². The Morgan fingerprint density at radius 3 is 2.52 bits per heavy atom. The molecule has 0 bridgehead atoms. The highest BCUT2D eigenvalue weighted by Gasteiger charge is 2.21. The van der Waals surface area contributed by atoms with Gasteiger partial charge in [-0.3, -0.25) is 4.57 Å². The SMILES string of the molecule is CC/C(=N/O)c1nc(C)nc2c1c(C)c(C)n2-c1ccc(Cl)cc1C. The highest BCUT2D eigenvalue weighted by atomic mass is 35.5. The summed E-state index contributed by atoms with van der Waals surface area (Å²) in [5.74, 6) is 0.641. The molecular weight excluding hydrogens is 336 g/mol. The number of oxime groups is 1. The molecule has 0 saturated heterocycles. The first-order chi connectivity index (χ1) is 11.9. The Morgan fingerprint density at radius 1 is 1.20 bits per heavy atom. The van der Waals surface area contributed by atoms with Gasteiger partial charge in [-0.1, -0.05) is 23.7 Å². The first-order valence-corrected chi connectivity index (χ1v) is 8.60. The van der Waals surface area contributed by atoms with Crippen molar-refractivity contribution in [1.29, 1.82) is 0 Å². The fraction of sp³-hybridized carbons (Fsp3) is 0.316. The van der Waals surface area contributed by atoms with Gasteiger partial charge >= 0.3 is 0 Å². The van der Waals surface area contributed by atoms with Gasteiger partial charge in [0.15, 0.2) is 0 Å². The van der Waals surface area contributed by atoms with Crippen molar-refractivity contribution >= 4 is 28.3 Å². The second-order valence-electron chi connectivity index (χ2n) is 6.19. The summed E-state index contributed by atoms with van der Waals surface area (Å²) in [5, 5.41) is 14.5. The molecule has 6 heteroatoms. The summed E-state index contributed by atoms with van der Waals surface area (Å²) in [6.07, 6.45) is 0.589. The highest BCUT2D eigenvalue weighted by Crippen LogP contribution is 2.32. The molecule has 3 rings (SSSR count). The Bertz CT molecular complexity index is 1000. The Kier molecular flexibility index (Phi) is 4.52. The van der Waals surface area contributed by atoms with Crippen LogP contribution in [0, 0.1) is 27.7 Å². The number of halogens is 1. The first kappa shape index (κ1) is 17.4. The molecule has 25 heavy (non-hydrogen) atoms. The number of nitrogens with zero attached hydrogens (tertiary/aromatic N) is 4. The molecule has 0 aliphatic heterocycles. The predicted octanol–water partition coefficient (Wildman–Crippen LogP) is 4.90. The van der Waals surface area contributed by atoms with Crippen molar-refractivity contribution in [3.8, 4) is 5.69 Å². The molecule has 0 radical (unpaired) electrons. The van der Waals surface area contributed by atoms with Crippen molar-refractivity contribution in [2.75, 3.05) is 0 Å². The van der Waals surface area contributed by atoms with E-state index in [4.69, 9.17) is 16.6 Å². The summed E-state index contributed by atoms with van der Waals surface area (Å²) in [4.78, 5) is 9.24. The smallest absolute Gasteiger partial charge is 0.149 e. The maximum atomic E-state index is 9.39. The van der Waals surface area contributed by atoms with E-state index >= 15 is 0 Å². The van der Waals surface area contributed by atoms with Crippen LogP contribution in [0.2, 0.25) is 5.02 Å². The molecule has 1 aromatic carbocycles. The number of aryl methyl sites for hydroxylation is 3. The lowest BCUT2D eigenvalue weighted by atomic mass is 10.1. The predicted molar refractivity (Wildman–Crippen MR) is 101 cm³/mol. The van der Waals surface area contributed by atoms with Crippen LogP contribution in [-0.4, -0.2) is 25.5 Å². The van der Waals surface area contributed by atoms with E-state index in [0.29, 0.717) is 28.7 Å². The molecule has 0 fully saturated rings. The number of fused-ring (bicyclic) bond motifs is 1. The Morgan fingerprint density at radius 2 is 1.92 bits per heavy atom. The fourth-order valence-corrected chi connectivity index (χ4v) is 3.46. The van der Waals surface area contributed by atoms with E-state index < -0.39 is 0 Å². The summed E-state index contributed by atoms with van der Waals surface area (Å²) < 4.78 is 2.12. The van der Waals surface area contributed by atoms with Gasteiger partial charge in [-0.25, -0.2) is 9.97 Å². The van der Waals surface area contributed by atoms with Gasteiger partial charge in [0.05, 0.1) is 11.1 Å². The molecule has 5 nitrogen and oxygen atoms in total. The maximum Gasteiger partial charge on any atom is 0.149 e. The molecule has 0 aliphatic rings. The van der Waals surface area contributed by atoms with E-state index in [1.165, 1.54) is 0 Å². The Labute approximate surface area is 152 Å². The van der Waals surface area contributed by atoms with Crippen LogP contribution in [0.1, 0.15) is 41.7 Å². The third-order valence-electron chi connectivity index (χ3n) is 4.60. The Hall–Kier alpha value is -2.40. The van der Waals surface area contributed by atoms with Crippen molar-refractivity contribution in [2.45, 2.75) is 41.0 Å². The molecule has 0 atom stereocenters. The first-order valence-electron chi connectivity index (χ1n) is 8.23. The van der Waals surface area contributed by atoms with E-state index in [1.54, 1.807) is 0 Å². The molecule has 2 aromatic heterocycles. The average Bonchev–Trinajstić information content (AvgIpc) is 2.80. The van der Waals surface area contributed by atoms with E-state index in [9.17, 15) is 5.21 Å². The minimum atomic E-state index is 0.559. The fourth-order valence-electron chi connectivity index (χ4n) is 3.23. The summed E-state index contributed by atoms with van der Waals surface area (Å²) >= 11 is 6.12. The van der Waals surface area contributed by atoms with Crippen LogP contribution in [-0.2, 0) is 0 Å². The van der Waals surface area contributed by atoms with E-state index in [1.807, 2.05) is 45.9 Å². The average molecular weight is 357 g/mol. The molecular formula is C19H21ClN4O. The van der Waals surface area contributed by atoms with Crippen LogP contribution in [0.5, 0.6) is 0 Å². The summed E-state index contributed by atoms with van der Waals surface area (Å²) in [7, 11) is 0. The zero-order chi connectivity index (χ0) is 18.3. The number of hydrogen-bond acceptors (Lipinski definition) is 4. The van der Waals surface area contributed by atoms with Crippen molar-refractivity contribution in [3.63, 3.8) is 0 Å². The van der Waals surface area contributed by atoms with Gasteiger partial charge in [-0.05, 0) is 63.4 Å². The third kappa shape index (κ3) is 2.78. The van der Waals surface area contributed by atoms with Crippen LogP contribution in [0.25, 0.3) is 16.7 Å². The van der Waals surface area contributed by atoms with Crippen molar-refractivity contribution in [3.05, 3.63) is 51.6 Å². The highest BCUT2D eigenvalue weighted by molar-refractivity contribution is 6.30. The van der Waals surface area contributed by atoms with E-state index in [-0.39, 0.29) is 0 Å². The van der Waals surface area contributed by atoms with Crippen molar-refractivity contribution < 1.29 is 5.21 Å². The second kappa shape index (κ2) is 6.48. The molecule has 2 heterocycles. The zero-order valence-corrected chi connectivity index (χ0v) is 15.8. The monoisotopic (exact) mass is 356 g/mol. The zero-order valence-electron chi connectivity index (χ0n) is 15.1. The van der Waals surface area contributed by atoms with Gasteiger partial charge < -0.3 is 5.21 Å². The van der Waals surface area contributed by atoms with Crippen LogP contribution >= 0.6 is 11.6 Å². The van der Waals surface area contributed by atoms with Crippen LogP contribution in [0.15, 0.2) is 23.4 Å². The maximum absolute atomic E-state index is 9.39. The second-order valence-corrected chi connectivity index (χ2v) is 6.63. The van der Waals surface area contributed by atoms with Gasteiger partial charge in [-0.15, -0.1) is 0 Å². The van der Waals surface area contributed by atoms with Crippen LogP contribution in [0.4, 0.5) is 0 Å². The summed E-state index contributed by atoms with van der Waals surface area (Å²) in [6, 6.07) is 5.83. The van der Waals surface area contributed by atoms with Crippen molar-refractivity contribution in [2.24, 2.45) is 5.16 Å². The standard InChI is InChI=1S/C19H21ClN4O/c1-6-15(23-25)18-17-11(3)12(4)24(19(17)22-13(5)21-18)16-8-7-14(20)9-10(16)2/h7-9,25H,6H2,1-5H3/b23-15-. The lowest BCUT2D eigenvalue weighted by Gasteiger charge is -2.12. The van der Waals surface area contributed by atoms with Gasteiger partial charge in [0.2, 0.25) is 0 Å². The number of aromatic nitrogens is 3. The largest absolute Gasteiger partial charge is 0.411 e. The van der Waals surface area contributed by atoms with Crippen molar-refractivity contribution in [1.82, 2.24) is 14.5 Å². The molecule has 0 unspecified atom stereocenters. The molecule has 0 amide bonds. The third-order valence-corrected chi connectivity index (χ3v) is 4.83. The molecule has 1 N–H and O–H groups in total.